The van der Waals surface area contributed by atoms with Crippen molar-refractivity contribution in [2.75, 3.05) is 32.8 Å². The number of piperidine rings is 1. The summed E-state index contributed by atoms with van der Waals surface area (Å²) in [7, 11) is 0. The van der Waals surface area contributed by atoms with Gasteiger partial charge in [-0.05, 0) is 57.0 Å². The Morgan fingerprint density at radius 1 is 1.25 bits per heavy atom. The van der Waals surface area contributed by atoms with Gasteiger partial charge in [0.05, 0.1) is 25.7 Å². The van der Waals surface area contributed by atoms with E-state index >= 15 is 0 Å². The van der Waals surface area contributed by atoms with E-state index in [-0.39, 0.29) is 30.9 Å². The molecule has 1 aromatic rings. The van der Waals surface area contributed by atoms with Crippen molar-refractivity contribution < 1.29 is 19.4 Å². The van der Waals surface area contributed by atoms with Crippen LogP contribution in [0.2, 0.25) is 0 Å². The molecule has 1 fully saturated rings. The molecule has 0 radical (unpaired) electrons. The second kappa shape index (κ2) is 11.3. The van der Waals surface area contributed by atoms with Crippen molar-refractivity contribution in [3.05, 3.63) is 29.8 Å². The summed E-state index contributed by atoms with van der Waals surface area (Å²) in [5.41, 5.74) is 0.891. The first-order valence-corrected chi connectivity index (χ1v) is 8.44. The van der Waals surface area contributed by atoms with Crippen LogP contribution in [0.1, 0.15) is 31.7 Å². The van der Waals surface area contributed by atoms with Gasteiger partial charge in [-0.15, -0.1) is 12.4 Å². The van der Waals surface area contributed by atoms with Gasteiger partial charge in [-0.25, -0.2) is 0 Å². The lowest BCUT2D eigenvalue weighted by atomic mass is 9.97. The molecule has 0 bridgehead atoms. The number of ether oxygens (including phenoxy) is 2. The number of benzene rings is 1. The number of hydrogen-bond acceptors (Lipinski definition) is 5. The van der Waals surface area contributed by atoms with Crippen LogP contribution in [0.25, 0.3) is 0 Å². The molecule has 1 aliphatic heterocycles. The summed E-state index contributed by atoms with van der Waals surface area (Å²) in [6.45, 7) is 5.95. The first-order chi connectivity index (χ1) is 11.2. The predicted octanol–water partition coefficient (Wildman–Crippen LogP) is 2.64. The largest absolute Gasteiger partial charge is 0.494 e. The molecule has 0 atom stereocenters. The zero-order valence-corrected chi connectivity index (χ0v) is 15.1. The first kappa shape index (κ1) is 20.7. The minimum atomic E-state index is -0.0400. The molecule has 6 heteroatoms. The number of rotatable bonds is 8. The minimum Gasteiger partial charge on any atom is -0.494 e. The fourth-order valence-corrected chi connectivity index (χ4v) is 2.82. The molecule has 1 aliphatic rings. The van der Waals surface area contributed by atoms with Crippen LogP contribution in [0.5, 0.6) is 5.75 Å². The van der Waals surface area contributed by atoms with E-state index in [0.29, 0.717) is 13.2 Å². The van der Waals surface area contributed by atoms with Crippen LogP contribution >= 0.6 is 12.4 Å². The molecule has 0 saturated carbocycles. The number of esters is 1. The first-order valence-electron chi connectivity index (χ1n) is 8.44. The maximum atomic E-state index is 11.7. The van der Waals surface area contributed by atoms with Crippen molar-refractivity contribution in [3.63, 3.8) is 0 Å². The van der Waals surface area contributed by atoms with E-state index in [1.165, 1.54) is 0 Å². The van der Waals surface area contributed by atoms with Crippen molar-refractivity contribution in [1.29, 1.82) is 0 Å². The molecular weight excluding hydrogens is 330 g/mol. The summed E-state index contributed by atoms with van der Waals surface area (Å²) in [5.74, 6) is 0.873. The molecule has 1 aromatic carbocycles. The molecule has 0 aromatic heterocycles. The standard InChI is InChI=1S/C18H27NO4.ClH/c1-2-22-18(21)16-8-11-19(12-9-16)10-3-13-23-17-6-4-15(14-20)5-7-17;/h4-7,16,20H,2-3,8-14H2,1H3;1H. The van der Waals surface area contributed by atoms with Gasteiger partial charge >= 0.3 is 5.97 Å². The van der Waals surface area contributed by atoms with Crippen molar-refractivity contribution in [2.45, 2.75) is 32.8 Å². The Hall–Kier alpha value is -1.30. The van der Waals surface area contributed by atoms with Crippen LogP contribution in [0, 0.1) is 5.92 Å². The summed E-state index contributed by atoms with van der Waals surface area (Å²) in [5, 5.41) is 8.99. The van der Waals surface area contributed by atoms with Gasteiger partial charge in [-0.2, -0.15) is 0 Å². The highest BCUT2D eigenvalue weighted by Crippen LogP contribution is 2.19. The molecule has 0 spiro atoms. The third-order valence-electron chi connectivity index (χ3n) is 4.20. The van der Waals surface area contributed by atoms with E-state index < -0.39 is 0 Å². The van der Waals surface area contributed by atoms with E-state index in [1.807, 2.05) is 31.2 Å². The number of likely N-dealkylation sites (tertiary alicyclic amines) is 1. The van der Waals surface area contributed by atoms with Crippen LogP contribution in [-0.2, 0) is 16.1 Å². The Balaban J connectivity index is 0.00000288. The fraction of sp³-hybridized carbons (Fsp3) is 0.611. The molecule has 0 aliphatic carbocycles. The smallest absolute Gasteiger partial charge is 0.309 e. The highest BCUT2D eigenvalue weighted by atomic mass is 35.5. The van der Waals surface area contributed by atoms with Crippen molar-refractivity contribution in [3.8, 4) is 5.75 Å². The molecule has 1 heterocycles. The van der Waals surface area contributed by atoms with Gasteiger partial charge < -0.3 is 19.5 Å². The van der Waals surface area contributed by atoms with E-state index in [1.54, 1.807) is 0 Å². The number of carbonyl (C=O) groups excluding carboxylic acids is 1. The van der Waals surface area contributed by atoms with Gasteiger partial charge in [0, 0.05) is 6.54 Å². The molecule has 2 rings (SSSR count). The quantitative estimate of drug-likeness (QED) is 0.572. The predicted molar refractivity (Wildman–Crippen MR) is 95.5 cm³/mol. The molecule has 24 heavy (non-hydrogen) atoms. The average Bonchev–Trinajstić information content (AvgIpc) is 2.60. The molecule has 1 saturated heterocycles. The highest BCUT2D eigenvalue weighted by molar-refractivity contribution is 5.85. The maximum Gasteiger partial charge on any atom is 0.309 e. The Kier molecular flexibility index (Phi) is 9.76. The van der Waals surface area contributed by atoms with Crippen molar-refractivity contribution >= 4 is 18.4 Å². The van der Waals surface area contributed by atoms with E-state index in [0.717, 1.165) is 50.2 Å². The van der Waals surface area contributed by atoms with Gasteiger partial charge in [-0.1, -0.05) is 12.1 Å². The lowest BCUT2D eigenvalue weighted by Gasteiger charge is -2.30. The summed E-state index contributed by atoms with van der Waals surface area (Å²) < 4.78 is 10.8. The number of aliphatic hydroxyl groups excluding tert-OH is 1. The number of halogens is 1. The van der Waals surface area contributed by atoms with Crippen molar-refractivity contribution in [2.24, 2.45) is 5.92 Å². The van der Waals surface area contributed by atoms with E-state index in [4.69, 9.17) is 14.6 Å². The molecule has 136 valence electrons. The summed E-state index contributed by atoms with van der Waals surface area (Å²) >= 11 is 0. The van der Waals surface area contributed by atoms with Crippen LogP contribution in [0.4, 0.5) is 0 Å². The Labute approximate surface area is 150 Å². The molecule has 0 unspecified atom stereocenters. The van der Waals surface area contributed by atoms with E-state index in [9.17, 15) is 4.79 Å². The molecule has 0 amide bonds. The van der Waals surface area contributed by atoms with Gasteiger partial charge in [-0.3, -0.25) is 4.79 Å². The van der Waals surface area contributed by atoms with Gasteiger partial charge in [0.15, 0.2) is 0 Å². The van der Waals surface area contributed by atoms with Crippen LogP contribution < -0.4 is 4.74 Å². The average molecular weight is 358 g/mol. The second-order valence-electron chi connectivity index (χ2n) is 5.87. The minimum absolute atomic E-state index is 0. The summed E-state index contributed by atoms with van der Waals surface area (Å²) in [4.78, 5) is 14.1. The summed E-state index contributed by atoms with van der Waals surface area (Å²) in [6.07, 6.45) is 2.75. The lowest BCUT2D eigenvalue weighted by Crippen LogP contribution is -2.37. The zero-order valence-electron chi connectivity index (χ0n) is 14.3. The third-order valence-corrected chi connectivity index (χ3v) is 4.20. The summed E-state index contributed by atoms with van der Waals surface area (Å²) in [6, 6.07) is 7.51. The topological polar surface area (TPSA) is 59.0 Å². The Morgan fingerprint density at radius 2 is 1.92 bits per heavy atom. The van der Waals surface area contributed by atoms with E-state index in [2.05, 4.69) is 4.90 Å². The van der Waals surface area contributed by atoms with Crippen LogP contribution in [-0.4, -0.2) is 48.8 Å². The number of carbonyl (C=O) groups is 1. The number of aliphatic hydroxyl groups is 1. The van der Waals surface area contributed by atoms with Crippen LogP contribution in [0.15, 0.2) is 24.3 Å². The highest BCUT2D eigenvalue weighted by Gasteiger charge is 2.25. The molecule has 5 nitrogen and oxygen atoms in total. The van der Waals surface area contributed by atoms with Crippen LogP contribution in [0.3, 0.4) is 0 Å². The zero-order chi connectivity index (χ0) is 16.5. The number of hydrogen-bond donors (Lipinski definition) is 1. The van der Waals surface area contributed by atoms with Gasteiger partial charge in [0.25, 0.3) is 0 Å². The Bertz CT molecular complexity index is 472. The lowest BCUT2D eigenvalue weighted by molar-refractivity contribution is -0.149. The SMILES string of the molecule is CCOC(=O)C1CCN(CCCOc2ccc(CO)cc2)CC1.Cl. The number of nitrogens with zero attached hydrogens (tertiary/aromatic N) is 1. The van der Waals surface area contributed by atoms with Crippen molar-refractivity contribution in [1.82, 2.24) is 4.90 Å². The third kappa shape index (κ3) is 6.67. The second-order valence-corrected chi connectivity index (χ2v) is 5.87. The van der Waals surface area contributed by atoms with Gasteiger partial charge in [0.1, 0.15) is 5.75 Å². The molecular formula is C18H28ClNO4. The Morgan fingerprint density at radius 3 is 2.50 bits per heavy atom. The monoisotopic (exact) mass is 357 g/mol. The van der Waals surface area contributed by atoms with Gasteiger partial charge in [0.2, 0.25) is 0 Å². The normalized spacial score (nSPS) is 15.6. The molecule has 1 N–H and O–H groups in total. The fourth-order valence-electron chi connectivity index (χ4n) is 2.82. The maximum absolute atomic E-state index is 11.7.